The number of hydrogen-bond donors (Lipinski definition) is 2. The molecular formula is C12H13BrClNO2. The van der Waals surface area contributed by atoms with Crippen molar-refractivity contribution in [3.05, 3.63) is 28.8 Å². The van der Waals surface area contributed by atoms with Gasteiger partial charge in [-0.2, -0.15) is 0 Å². The first kappa shape index (κ1) is 12.7. The Kier molecular flexibility index (Phi) is 3.94. The van der Waals surface area contributed by atoms with Gasteiger partial charge < -0.3 is 10.4 Å². The van der Waals surface area contributed by atoms with Gasteiger partial charge in [0.25, 0.3) is 5.91 Å². The highest BCUT2D eigenvalue weighted by Gasteiger charge is 2.29. The summed E-state index contributed by atoms with van der Waals surface area (Å²) in [4.78, 5) is 12.1. The fraction of sp³-hybridized carbons (Fsp3) is 0.417. The van der Waals surface area contributed by atoms with Crippen LogP contribution in [-0.4, -0.2) is 22.4 Å². The van der Waals surface area contributed by atoms with Crippen molar-refractivity contribution in [1.82, 2.24) is 5.32 Å². The molecule has 0 bridgehead atoms. The Balaban J connectivity index is 1.94. The van der Waals surface area contributed by atoms with Crippen LogP contribution in [0, 0.1) is 5.92 Å². The quantitative estimate of drug-likeness (QED) is 0.839. The van der Waals surface area contributed by atoms with Gasteiger partial charge in [-0.25, -0.2) is 0 Å². The Morgan fingerprint density at radius 1 is 1.59 bits per heavy atom. The smallest absolute Gasteiger partial charge is 0.255 e. The van der Waals surface area contributed by atoms with Gasteiger partial charge in [-0.05, 0) is 37.0 Å². The number of phenols is 1. The highest BCUT2D eigenvalue weighted by atomic mass is 79.9. The molecule has 1 atom stereocenters. The van der Waals surface area contributed by atoms with Crippen LogP contribution in [0.2, 0.25) is 5.02 Å². The average Bonchev–Trinajstić information content (AvgIpc) is 3.09. The molecule has 2 N–H and O–H groups in total. The largest absolute Gasteiger partial charge is 0.507 e. The van der Waals surface area contributed by atoms with Gasteiger partial charge >= 0.3 is 0 Å². The van der Waals surface area contributed by atoms with Crippen LogP contribution in [0.15, 0.2) is 18.2 Å². The summed E-state index contributed by atoms with van der Waals surface area (Å²) in [6.45, 7) is 0.575. The Bertz CT molecular complexity index is 435. The number of halogens is 2. The monoisotopic (exact) mass is 317 g/mol. The van der Waals surface area contributed by atoms with Gasteiger partial charge in [0.05, 0.1) is 5.56 Å². The number of carbonyl (C=O) groups is 1. The molecule has 1 fully saturated rings. The number of alkyl halides is 1. The molecule has 1 amide bonds. The minimum absolute atomic E-state index is 0.0902. The molecule has 1 aromatic rings. The number of rotatable bonds is 4. The topological polar surface area (TPSA) is 49.3 Å². The Hall–Kier alpha value is -0.740. The third kappa shape index (κ3) is 3.36. The number of hydrogen-bond acceptors (Lipinski definition) is 2. The van der Waals surface area contributed by atoms with E-state index < -0.39 is 0 Å². The molecule has 0 radical (unpaired) electrons. The number of aromatic hydroxyl groups is 1. The molecule has 1 aliphatic carbocycles. The lowest BCUT2D eigenvalue weighted by atomic mass is 10.2. The lowest BCUT2D eigenvalue weighted by Gasteiger charge is -2.10. The molecular weight excluding hydrogens is 305 g/mol. The van der Waals surface area contributed by atoms with E-state index in [0.717, 1.165) is 0 Å². The maximum Gasteiger partial charge on any atom is 0.255 e. The number of phenolic OH excluding ortho intramolecular Hbond substituents is 1. The molecule has 1 unspecified atom stereocenters. The van der Waals surface area contributed by atoms with E-state index in [1.165, 1.54) is 25.0 Å². The first-order valence-electron chi connectivity index (χ1n) is 5.48. The predicted molar refractivity (Wildman–Crippen MR) is 70.9 cm³/mol. The number of carbonyl (C=O) groups excluding carboxylic acids is 1. The molecule has 2 rings (SSSR count). The van der Waals surface area contributed by atoms with Gasteiger partial charge in [0.1, 0.15) is 5.75 Å². The van der Waals surface area contributed by atoms with Crippen LogP contribution in [0.5, 0.6) is 5.75 Å². The Labute approximate surface area is 113 Å². The second-order valence-corrected chi connectivity index (χ2v) is 5.84. The van der Waals surface area contributed by atoms with E-state index in [1.807, 2.05) is 0 Å². The molecule has 92 valence electrons. The molecule has 0 aliphatic heterocycles. The van der Waals surface area contributed by atoms with Crippen LogP contribution < -0.4 is 5.32 Å². The summed E-state index contributed by atoms with van der Waals surface area (Å²) in [7, 11) is 0. The third-order valence-electron chi connectivity index (χ3n) is 2.80. The van der Waals surface area contributed by atoms with E-state index in [0.29, 0.717) is 22.3 Å². The van der Waals surface area contributed by atoms with E-state index in [2.05, 4.69) is 21.2 Å². The summed E-state index contributed by atoms with van der Waals surface area (Å²) in [5.74, 6) is 0.311. The van der Waals surface area contributed by atoms with Crippen molar-refractivity contribution in [3.8, 4) is 5.75 Å². The summed E-state index contributed by atoms with van der Waals surface area (Å²) in [6.07, 6.45) is 2.44. The lowest BCUT2D eigenvalue weighted by molar-refractivity contribution is 0.0951. The van der Waals surface area contributed by atoms with Crippen LogP contribution >= 0.6 is 27.5 Å². The van der Waals surface area contributed by atoms with E-state index in [1.54, 1.807) is 6.07 Å². The van der Waals surface area contributed by atoms with Gasteiger partial charge in [0.15, 0.2) is 0 Å². The zero-order chi connectivity index (χ0) is 12.4. The summed E-state index contributed by atoms with van der Waals surface area (Å²) in [6, 6.07) is 4.47. The van der Waals surface area contributed by atoms with Gasteiger partial charge in [0.2, 0.25) is 0 Å². The summed E-state index contributed by atoms with van der Waals surface area (Å²) >= 11 is 9.24. The fourth-order valence-corrected chi connectivity index (χ4v) is 2.46. The minimum atomic E-state index is -0.274. The molecule has 0 heterocycles. The second kappa shape index (κ2) is 5.27. The van der Waals surface area contributed by atoms with Crippen LogP contribution in [-0.2, 0) is 0 Å². The van der Waals surface area contributed by atoms with Crippen molar-refractivity contribution in [2.45, 2.75) is 17.7 Å². The maximum atomic E-state index is 11.8. The van der Waals surface area contributed by atoms with Crippen molar-refractivity contribution in [1.29, 1.82) is 0 Å². The number of amides is 1. The van der Waals surface area contributed by atoms with Crippen molar-refractivity contribution in [2.24, 2.45) is 5.92 Å². The molecule has 3 nitrogen and oxygen atoms in total. The first-order valence-corrected chi connectivity index (χ1v) is 6.78. The van der Waals surface area contributed by atoms with Crippen molar-refractivity contribution < 1.29 is 9.90 Å². The fourth-order valence-electron chi connectivity index (χ4n) is 1.61. The molecule has 1 aliphatic rings. The molecule has 0 spiro atoms. The Morgan fingerprint density at radius 3 is 2.88 bits per heavy atom. The molecule has 5 heteroatoms. The number of benzene rings is 1. The summed E-state index contributed by atoms with van der Waals surface area (Å²) in [5, 5.41) is 12.8. The maximum absolute atomic E-state index is 11.8. The van der Waals surface area contributed by atoms with Crippen molar-refractivity contribution >= 4 is 33.4 Å². The molecule has 17 heavy (non-hydrogen) atoms. The highest BCUT2D eigenvalue weighted by Crippen LogP contribution is 2.36. The summed E-state index contributed by atoms with van der Waals surface area (Å²) in [5.41, 5.74) is 0.255. The second-order valence-electron chi connectivity index (χ2n) is 4.22. The normalized spacial score (nSPS) is 16.6. The predicted octanol–water partition coefficient (Wildman–Crippen LogP) is 2.95. The van der Waals surface area contributed by atoms with Crippen LogP contribution in [0.4, 0.5) is 0 Å². The van der Waals surface area contributed by atoms with E-state index in [-0.39, 0.29) is 17.2 Å². The zero-order valence-electron chi connectivity index (χ0n) is 9.12. The van der Waals surface area contributed by atoms with Gasteiger partial charge in [0, 0.05) is 16.4 Å². The first-order chi connectivity index (χ1) is 8.08. The van der Waals surface area contributed by atoms with Crippen LogP contribution in [0.3, 0.4) is 0 Å². The molecule has 0 saturated heterocycles. The van der Waals surface area contributed by atoms with Gasteiger partial charge in [-0.15, -0.1) is 0 Å². The third-order valence-corrected chi connectivity index (χ3v) is 4.10. The standard InChI is InChI=1S/C12H13BrClNO2/c13-10(7-1-2-7)6-15-12(17)9-4-3-8(14)5-11(9)16/h3-5,7,10,16H,1-2,6H2,(H,15,17). The van der Waals surface area contributed by atoms with Crippen molar-refractivity contribution in [3.63, 3.8) is 0 Å². The van der Waals surface area contributed by atoms with Crippen molar-refractivity contribution in [2.75, 3.05) is 6.54 Å². The zero-order valence-corrected chi connectivity index (χ0v) is 11.5. The van der Waals surface area contributed by atoms with E-state index >= 15 is 0 Å². The molecule has 1 aromatic carbocycles. The highest BCUT2D eigenvalue weighted by molar-refractivity contribution is 9.09. The van der Waals surface area contributed by atoms with Gasteiger partial charge in [-0.3, -0.25) is 4.79 Å². The average molecular weight is 319 g/mol. The number of nitrogens with one attached hydrogen (secondary N) is 1. The molecule has 1 saturated carbocycles. The van der Waals surface area contributed by atoms with Crippen LogP contribution in [0.25, 0.3) is 0 Å². The SMILES string of the molecule is O=C(NCC(Br)C1CC1)c1ccc(Cl)cc1O. The van der Waals surface area contributed by atoms with Crippen LogP contribution in [0.1, 0.15) is 23.2 Å². The lowest BCUT2D eigenvalue weighted by Crippen LogP contribution is -2.30. The Morgan fingerprint density at radius 2 is 2.29 bits per heavy atom. The molecule has 0 aromatic heterocycles. The minimum Gasteiger partial charge on any atom is -0.507 e. The van der Waals surface area contributed by atoms with Gasteiger partial charge in [-0.1, -0.05) is 27.5 Å². The van der Waals surface area contributed by atoms with E-state index in [9.17, 15) is 9.90 Å². The summed E-state index contributed by atoms with van der Waals surface area (Å²) < 4.78 is 0. The van der Waals surface area contributed by atoms with E-state index in [4.69, 9.17) is 11.6 Å².